The van der Waals surface area contributed by atoms with Crippen molar-refractivity contribution >= 4 is 5.78 Å². The first-order valence-electron chi connectivity index (χ1n) is 12.0. The molecule has 1 saturated heterocycles. The fourth-order valence-electron chi connectivity index (χ4n) is 4.22. The van der Waals surface area contributed by atoms with E-state index in [2.05, 4.69) is 10.2 Å². The first kappa shape index (κ1) is 26.6. The number of nitrogens with zero attached hydrogens (tertiary/aromatic N) is 4. The molecule has 4 rings (SSSR count). The number of para-hydroxylation sites is 1. The zero-order valence-corrected chi connectivity index (χ0v) is 20.0. The molecule has 1 fully saturated rings. The normalized spacial score (nSPS) is 15.9. The minimum atomic E-state index is -0.980. The van der Waals surface area contributed by atoms with Gasteiger partial charge >= 0.3 is 0 Å². The van der Waals surface area contributed by atoms with Gasteiger partial charge in [-0.05, 0) is 43.4 Å². The van der Waals surface area contributed by atoms with Gasteiger partial charge < -0.3 is 19.7 Å². The van der Waals surface area contributed by atoms with Crippen molar-refractivity contribution in [1.29, 1.82) is 0 Å². The molecule has 0 unspecified atom stereocenters. The molecule has 2 atom stereocenters. The van der Waals surface area contributed by atoms with Crippen LogP contribution in [0.15, 0.2) is 47.5 Å². The Balaban J connectivity index is 1.56. The van der Waals surface area contributed by atoms with E-state index in [-0.39, 0.29) is 30.4 Å². The van der Waals surface area contributed by atoms with E-state index in [9.17, 15) is 23.5 Å². The molecule has 2 N–H and O–H groups in total. The van der Waals surface area contributed by atoms with E-state index < -0.39 is 41.7 Å². The van der Waals surface area contributed by atoms with Crippen molar-refractivity contribution in [3.63, 3.8) is 0 Å². The second-order valence-electron chi connectivity index (χ2n) is 8.94. The Kier molecular flexibility index (Phi) is 8.74. The van der Waals surface area contributed by atoms with Crippen LogP contribution in [-0.4, -0.2) is 61.5 Å². The van der Waals surface area contributed by atoms with Crippen LogP contribution in [0.3, 0.4) is 0 Å². The van der Waals surface area contributed by atoms with Crippen molar-refractivity contribution < 1.29 is 33.3 Å². The largest absolute Gasteiger partial charge is 0.449 e. The van der Waals surface area contributed by atoms with Gasteiger partial charge in [-0.1, -0.05) is 6.07 Å². The lowest BCUT2D eigenvalue weighted by Crippen LogP contribution is -2.34. The Morgan fingerprint density at radius 2 is 1.95 bits per heavy atom. The van der Waals surface area contributed by atoms with Crippen LogP contribution >= 0.6 is 0 Å². The lowest BCUT2D eigenvalue weighted by Gasteiger charge is -2.26. The summed E-state index contributed by atoms with van der Waals surface area (Å²) in [5.74, 6) is -2.83. The summed E-state index contributed by atoms with van der Waals surface area (Å²) in [6.07, 6.45) is 3.51. The molecule has 12 heteroatoms. The number of carbonyl (C=O) groups is 1. The third-order valence-corrected chi connectivity index (χ3v) is 6.16. The summed E-state index contributed by atoms with van der Waals surface area (Å²) in [6.45, 7) is 0.777. The number of aliphatic hydroxyl groups is 2. The van der Waals surface area contributed by atoms with Crippen molar-refractivity contribution in [2.45, 2.75) is 44.4 Å². The van der Waals surface area contributed by atoms with E-state index in [1.165, 1.54) is 10.7 Å². The van der Waals surface area contributed by atoms with Gasteiger partial charge in [0.1, 0.15) is 6.04 Å². The summed E-state index contributed by atoms with van der Waals surface area (Å²) < 4.78 is 41.0. The topological polar surface area (TPSA) is 129 Å². The van der Waals surface area contributed by atoms with Crippen LogP contribution in [0.5, 0.6) is 11.5 Å². The summed E-state index contributed by atoms with van der Waals surface area (Å²) >= 11 is 0. The smallest absolute Gasteiger partial charge is 0.271 e. The number of rotatable bonds is 11. The molecule has 0 amide bonds. The van der Waals surface area contributed by atoms with Gasteiger partial charge in [0, 0.05) is 25.5 Å². The molecule has 10 nitrogen and oxygen atoms in total. The number of ketones is 1. The number of hydrogen-bond acceptors (Lipinski definition) is 8. The summed E-state index contributed by atoms with van der Waals surface area (Å²) in [4.78, 5) is 26.4. The van der Waals surface area contributed by atoms with Crippen molar-refractivity contribution in [1.82, 2.24) is 19.6 Å². The van der Waals surface area contributed by atoms with Crippen LogP contribution < -0.4 is 10.3 Å². The molecule has 37 heavy (non-hydrogen) atoms. The maximum atomic E-state index is 14.0. The van der Waals surface area contributed by atoms with Crippen LogP contribution in [0.1, 0.15) is 31.0 Å². The van der Waals surface area contributed by atoms with Crippen LogP contribution in [0, 0.1) is 17.6 Å². The lowest BCUT2D eigenvalue weighted by atomic mass is 9.90. The average Bonchev–Trinajstić information content (AvgIpc) is 3.32. The van der Waals surface area contributed by atoms with Gasteiger partial charge in [0.25, 0.3) is 5.56 Å². The van der Waals surface area contributed by atoms with E-state index >= 15 is 0 Å². The number of halogens is 2. The average molecular weight is 519 g/mol. The fourth-order valence-corrected chi connectivity index (χ4v) is 4.22. The molecule has 3 aromatic rings. The van der Waals surface area contributed by atoms with E-state index in [0.29, 0.717) is 25.3 Å². The number of benzene rings is 1. The predicted octanol–water partition coefficient (Wildman–Crippen LogP) is 2.03. The molecule has 1 aliphatic heterocycles. The minimum absolute atomic E-state index is 0.0707. The van der Waals surface area contributed by atoms with Gasteiger partial charge in [0.05, 0.1) is 37.6 Å². The molecule has 1 aliphatic rings. The molecule has 1 aromatic carbocycles. The Hall–Kier alpha value is -3.48. The van der Waals surface area contributed by atoms with E-state index in [0.717, 1.165) is 41.9 Å². The molecular weight excluding hydrogens is 490 g/mol. The highest BCUT2D eigenvalue weighted by atomic mass is 19.1. The number of ether oxygens (including phenoxy) is 2. The fraction of sp³-hybridized carbons (Fsp3) is 0.440. The lowest BCUT2D eigenvalue weighted by molar-refractivity contribution is -0.122. The Labute approximate surface area is 211 Å². The SMILES string of the molecule is O=C(Cc1ccn(C[C@@H](O)CO)n1)[C@H](CC1CCOCC1)n1ncc(Oc2c(F)cccc2F)cc1=O. The van der Waals surface area contributed by atoms with Gasteiger partial charge in [-0.25, -0.2) is 13.5 Å². The van der Waals surface area contributed by atoms with Gasteiger partial charge in [0.15, 0.2) is 28.9 Å². The van der Waals surface area contributed by atoms with E-state index in [1.807, 2.05) is 0 Å². The van der Waals surface area contributed by atoms with Crippen LogP contribution in [-0.2, 0) is 22.5 Å². The Bertz CT molecular complexity index is 1250. The number of aliphatic hydroxyl groups excluding tert-OH is 2. The van der Waals surface area contributed by atoms with Gasteiger partial charge in [-0.15, -0.1) is 0 Å². The zero-order chi connectivity index (χ0) is 26.4. The molecule has 3 heterocycles. The minimum Gasteiger partial charge on any atom is -0.449 e. The monoisotopic (exact) mass is 518 g/mol. The first-order valence-corrected chi connectivity index (χ1v) is 12.0. The molecule has 0 spiro atoms. The molecule has 0 bridgehead atoms. The molecular formula is C25H28F2N4O6. The highest BCUT2D eigenvalue weighted by Gasteiger charge is 2.28. The highest BCUT2D eigenvalue weighted by molar-refractivity contribution is 5.84. The third-order valence-electron chi connectivity index (χ3n) is 6.16. The second kappa shape index (κ2) is 12.2. The maximum Gasteiger partial charge on any atom is 0.271 e. The maximum absolute atomic E-state index is 14.0. The summed E-state index contributed by atoms with van der Waals surface area (Å²) in [5.41, 5.74) is -0.216. The van der Waals surface area contributed by atoms with Crippen molar-refractivity contribution in [3.8, 4) is 11.5 Å². The number of carbonyl (C=O) groups excluding carboxylic acids is 1. The van der Waals surface area contributed by atoms with Crippen molar-refractivity contribution in [3.05, 3.63) is 70.4 Å². The number of aromatic nitrogens is 4. The van der Waals surface area contributed by atoms with E-state index in [4.69, 9.17) is 14.6 Å². The van der Waals surface area contributed by atoms with Crippen LogP contribution in [0.2, 0.25) is 0 Å². The van der Waals surface area contributed by atoms with Gasteiger partial charge in [-0.3, -0.25) is 14.3 Å². The molecule has 198 valence electrons. The van der Waals surface area contributed by atoms with Crippen LogP contribution in [0.4, 0.5) is 8.78 Å². The third kappa shape index (κ3) is 6.85. The first-order chi connectivity index (χ1) is 17.8. The van der Waals surface area contributed by atoms with Gasteiger partial charge in [-0.2, -0.15) is 10.2 Å². The second-order valence-corrected chi connectivity index (χ2v) is 8.94. The van der Waals surface area contributed by atoms with Crippen molar-refractivity contribution in [2.24, 2.45) is 5.92 Å². The van der Waals surface area contributed by atoms with Crippen molar-refractivity contribution in [2.75, 3.05) is 19.8 Å². The molecule has 0 saturated carbocycles. The predicted molar refractivity (Wildman–Crippen MR) is 126 cm³/mol. The number of hydrogen-bond donors (Lipinski definition) is 2. The molecule has 0 radical (unpaired) electrons. The summed E-state index contributed by atoms with van der Waals surface area (Å²) in [7, 11) is 0. The highest BCUT2D eigenvalue weighted by Crippen LogP contribution is 2.28. The summed E-state index contributed by atoms with van der Waals surface area (Å²) in [6, 6.07) is 5.02. The molecule has 0 aliphatic carbocycles. The Morgan fingerprint density at radius 3 is 2.62 bits per heavy atom. The zero-order valence-electron chi connectivity index (χ0n) is 20.0. The molecule has 2 aromatic heterocycles. The standard InChI is InChI=1S/C25H28F2N4O6/c26-20-2-1-3-21(27)25(20)37-19-12-24(35)31(28-13-19)22(10-16-5-8-36-9-6-16)23(34)11-17-4-7-30(29-17)14-18(33)15-32/h1-4,7,12-13,16,18,22,32-33H,5-6,8-11,14-15H2/t18-,22+/m1/s1. The number of Topliss-reactive ketones (excluding diaryl/α,β-unsaturated/α-hetero) is 1. The quantitative estimate of drug-likeness (QED) is 0.395. The Morgan fingerprint density at radius 1 is 1.22 bits per heavy atom. The van der Waals surface area contributed by atoms with E-state index in [1.54, 1.807) is 12.3 Å². The summed E-state index contributed by atoms with van der Waals surface area (Å²) in [5, 5.41) is 27.0. The van der Waals surface area contributed by atoms with Crippen LogP contribution in [0.25, 0.3) is 0 Å². The van der Waals surface area contributed by atoms with Gasteiger partial charge in [0.2, 0.25) is 0 Å².